The normalized spacial score (nSPS) is 14.0. The third-order valence-electron chi connectivity index (χ3n) is 3.13. The van der Waals surface area contributed by atoms with Crippen molar-refractivity contribution in [1.29, 1.82) is 0 Å². The average Bonchev–Trinajstić information content (AvgIpc) is 3.06. The van der Waals surface area contributed by atoms with Crippen LogP contribution >= 0.6 is 0 Å². The van der Waals surface area contributed by atoms with E-state index in [4.69, 9.17) is 9.15 Å². The first-order valence-corrected chi connectivity index (χ1v) is 7.27. The lowest BCUT2D eigenvalue weighted by molar-refractivity contribution is -0.0983. The third kappa shape index (κ3) is 4.94. The zero-order chi connectivity index (χ0) is 15.8. The van der Waals surface area contributed by atoms with Gasteiger partial charge in [-0.3, -0.25) is 10.6 Å². The second-order valence-electron chi connectivity index (χ2n) is 4.74. The summed E-state index contributed by atoms with van der Waals surface area (Å²) in [5.74, 6) is 0.784. The van der Waals surface area contributed by atoms with Crippen LogP contribution < -0.4 is 10.6 Å². The largest absolute Gasteiger partial charge is 0.464 e. The molecule has 0 fully saturated rings. The molecule has 0 aliphatic heterocycles. The van der Waals surface area contributed by atoms with Crippen LogP contribution in [0.3, 0.4) is 0 Å². The van der Waals surface area contributed by atoms with Crippen LogP contribution in [0.2, 0.25) is 0 Å². The van der Waals surface area contributed by atoms with Gasteiger partial charge in [-0.2, -0.15) is 0 Å². The van der Waals surface area contributed by atoms with Gasteiger partial charge < -0.3 is 19.4 Å². The molecule has 0 spiro atoms. The van der Waals surface area contributed by atoms with E-state index in [1.54, 1.807) is 13.2 Å². The molecule has 22 heavy (non-hydrogen) atoms. The van der Waals surface area contributed by atoms with E-state index in [9.17, 15) is 10.2 Å². The Morgan fingerprint density at radius 2 is 1.95 bits per heavy atom. The summed E-state index contributed by atoms with van der Waals surface area (Å²) in [6.07, 6.45) is -0.248. The second kappa shape index (κ2) is 8.67. The average molecular weight is 306 g/mol. The highest BCUT2D eigenvalue weighted by Gasteiger charge is 2.10. The number of aliphatic hydroxyl groups excluding tert-OH is 2. The molecule has 0 aliphatic carbocycles. The predicted octanol–water partition coefficient (Wildman–Crippen LogP) is 1.26. The molecule has 2 aromatic rings. The highest BCUT2D eigenvalue weighted by atomic mass is 16.6. The van der Waals surface area contributed by atoms with Gasteiger partial charge in [0.15, 0.2) is 12.6 Å². The summed E-state index contributed by atoms with van der Waals surface area (Å²) >= 11 is 0. The Labute approximate surface area is 129 Å². The molecule has 0 bridgehead atoms. The van der Waals surface area contributed by atoms with Gasteiger partial charge in [0, 0.05) is 25.3 Å². The summed E-state index contributed by atoms with van der Waals surface area (Å²) < 4.78 is 10.4. The van der Waals surface area contributed by atoms with Gasteiger partial charge in [-0.25, -0.2) is 0 Å². The van der Waals surface area contributed by atoms with E-state index in [0.29, 0.717) is 13.2 Å². The quantitative estimate of drug-likeness (QED) is 0.522. The van der Waals surface area contributed by atoms with E-state index >= 15 is 0 Å². The molecule has 1 heterocycles. The van der Waals surface area contributed by atoms with E-state index in [2.05, 4.69) is 10.6 Å². The van der Waals surface area contributed by atoms with Crippen LogP contribution in [0.25, 0.3) is 11.3 Å². The monoisotopic (exact) mass is 306 g/mol. The van der Waals surface area contributed by atoms with Crippen LogP contribution in [0, 0.1) is 0 Å². The molecule has 4 N–H and O–H groups in total. The number of aliphatic hydroxyl groups is 2. The summed E-state index contributed by atoms with van der Waals surface area (Å²) in [4.78, 5) is 0. The zero-order valence-electron chi connectivity index (χ0n) is 12.5. The van der Waals surface area contributed by atoms with Crippen LogP contribution in [-0.4, -0.2) is 36.0 Å². The first-order chi connectivity index (χ1) is 10.7. The minimum Gasteiger partial charge on any atom is -0.464 e. The standard InChI is InChI=1S/C16H22N2O4/c1-2-21-15(19)11-18-16(20)17-10-12-6-3-4-7-13(12)14-8-5-9-22-14/h3-9,15-20H,2,10-11H2,1H3. The van der Waals surface area contributed by atoms with Crippen molar-refractivity contribution in [2.24, 2.45) is 0 Å². The van der Waals surface area contributed by atoms with Crippen molar-refractivity contribution in [2.45, 2.75) is 26.1 Å². The van der Waals surface area contributed by atoms with Gasteiger partial charge in [-0.05, 0) is 24.6 Å². The van der Waals surface area contributed by atoms with Crippen molar-refractivity contribution in [3.8, 4) is 11.3 Å². The van der Waals surface area contributed by atoms with Crippen LogP contribution in [0.1, 0.15) is 12.5 Å². The summed E-state index contributed by atoms with van der Waals surface area (Å²) in [5, 5.41) is 24.9. The van der Waals surface area contributed by atoms with E-state index in [1.807, 2.05) is 36.4 Å². The maximum Gasteiger partial charge on any atom is 0.167 e. The lowest BCUT2D eigenvalue weighted by Crippen LogP contribution is -2.45. The highest BCUT2D eigenvalue weighted by molar-refractivity contribution is 5.61. The van der Waals surface area contributed by atoms with Gasteiger partial charge in [-0.15, -0.1) is 0 Å². The lowest BCUT2D eigenvalue weighted by Gasteiger charge is -2.18. The fourth-order valence-electron chi connectivity index (χ4n) is 2.09. The second-order valence-corrected chi connectivity index (χ2v) is 4.74. The Bertz CT molecular complexity index is 545. The third-order valence-corrected chi connectivity index (χ3v) is 3.13. The molecule has 2 unspecified atom stereocenters. The van der Waals surface area contributed by atoms with E-state index in [-0.39, 0.29) is 6.54 Å². The zero-order valence-corrected chi connectivity index (χ0v) is 12.5. The molecule has 0 saturated heterocycles. The number of ether oxygens (including phenoxy) is 1. The number of benzene rings is 1. The minimum atomic E-state index is -0.945. The molecule has 0 amide bonds. The fourth-order valence-corrected chi connectivity index (χ4v) is 2.09. The molecule has 120 valence electrons. The maximum absolute atomic E-state index is 9.84. The molecule has 1 aromatic heterocycles. The van der Waals surface area contributed by atoms with Gasteiger partial charge in [0.2, 0.25) is 0 Å². The Kier molecular flexibility index (Phi) is 6.57. The van der Waals surface area contributed by atoms with Crippen LogP contribution in [0.4, 0.5) is 0 Å². The van der Waals surface area contributed by atoms with Crippen LogP contribution in [0.15, 0.2) is 47.1 Å². The number of hydrogen-bond acceptors (Lipinski definition) is 6. The molecule has 2 atom stereocenters. The fraction of sp³-hybridized carbons (Fsp3) is 0.375. The van der Waals surface area contributed by atoms with Crippen molar-refractivity contribution < 1.29 is 19.4 Å². The molecule has 2 rings (SSSR count). The van der Waals surface area contributed by atoms with Gasteiger partial charge >= 0.3 is 0 Å². The maximum atomic E-state index is 9.84. The summed E-state index contributed by atoms with van der Waals surface area (Å²) in [6.45, 7) is 2.81. The smallest absolute Gasteiger partial charge is 0.167 e. The van der Waals surface area contributed by atoms with E-state index in [1.165, 1.54) is 0 Å². The summed E-state index contributed by atoms with van der Waals surface area (Å²) in [7, 11) is 0. The number of furan rings is 1. The molecular weight excluding hydrogens is 284 g/mol. The first kappa shape index (κ1) is 16.7. The van der Waals surface area contributed by atoms with Crippen molar-refractivity contribution in [1.82, 2.24) is 10.6 Å². The van der Waals surface area contributed by atoms with Gasteiger partial charge in [-0.1, -0.05) is 24.3 Å². The van der Waals surface area contributed by atoms with Crippen molar-refractivity contribution in [3.63, 3.8) is 0 Å². The molecular formula is C16H22N2O4. The van der Waals surface area contributed by atoms with Gasteiger partial charge in [0.25, 0.3) is 0 Å². The van der Waals surface area contributed by atoms with Crippen LogP contribution in [-0.2, 0) is 11.3 Å². The highest BCUT2D eigenvalue weighted by Crippen LogP contribution is 2.23. The molecule has 1 aromatic carbocycles. The van der Waals surface area contributed by atoms with Gasteiger partial charge in [0.05, 0.1) is 6.26 Å². The number of rotatable bonds is 9. The Morgan fingerprint density at radius 3 is 2.68 bits per heavy atom. The molecule has 6 heteroatoms. The molecule has 0 aliphatic rings. The van der Waals surface area contributed by atoms with Crippen molar-refractivity contribution in [2.75, 3.05) is 13.2 Å². The predicted molar refractivity (Wildman–Crippen MR) is 82.6 cm³/mol. The van der Waals surface area contributed by atoms with Crippen molar-refractivity contribution in [3.05, 3.63) is 48.2 Å². The molecule has 0 saturated carbocycles. The first-order valence-electron chi connectivity index (χ1n) is 7.27. The number of hydrogen-bond donors (Lipinski definition) is 4. The number of nitrogens with one attached hydrogen (secondary N) is 2. The Morgan fingerprint density at radius 1 is 1.14 bits per heavy atom. The summed E-state index contributed by atoms with van der Waals surface area (Å²) in [5.41, 5.74) is 1.98. The van der Waals surface area contributed by atoms with Crippen LogP contribution in [0.5, 0.6) is 0 Å². The summed E-state index contributed by atoms with van der Waals surface area (Å²) in [6, 6.07) is 11.5. The molecule has 0 radical (unpaired) electrons. The van der Waals surface area contributed by atoms with Crippen molar-refractivity contribution >= 4 is 0 Å². The minimum absolute atomic E-state index is 0.141. The Balaban J connectivity index is 1.87. The SMILES string of the molecule is CCOC(O)CNC(O)NCc1ccccc1-c1ccco1. The molecule has 6 nitrogen and oxygen atoms in total. The lowest BCUT2D eigenvalue weighted by atomic mass is 10.1. The van der Waals surface area contributed by atoms with E-state index < -0.39 is 12.6 Å². The topological polar surface area (TPSA) is 86.9 Å². The van der Waals surface area contributed by atoms with Gasteiger partial charge in [0.1, 0.15) is 5.76 Å². The Hall–Kier alpha value is -1.70. The van der Waals surface area contributed by atoms with E-state index in [0.717, 1.165) is 16.9 Å².